The van der Waals surface area contributed by atoms with Gasteiger partial charge in [0.1, 0.15) is 5.15 Å². The molecular formula is C12H16Cl2N2O. The van der Waals surface area contributed by atoms with Gasteiger partial charge in [-0.2, -0.15) is 0 Å². The minimum Gasteiger partial charge on any atom is -0.337 e. The van der Waals surface area contributed by atoms with Crippen molar-refractivity contribution in [2.75, 3.05) is 7.05 Å². The highest BCUT2D eigenvalue weighted by molar-refractivity contribution is 6.41. The van der Waals surface area contributed by atoms with Gasteiger partial charge in [-0.05, 0) is 26.3 Å². The van der Waals surface area contributed by atoms with E-state index in [2.05, 4.69) is 4.98 Å². The van der Waals surface area contributed by atoms with Crippen LogP contribution in [0.3, 0.4) is 0 Å². The van der Waals surface area contributed by atoms with Crippen LogP contribution in [-0.2, 0) is 0 Å². The molecule has 0 fully saturated rings. The van der Waals surface area contributed by atoms with E-state index in [1.165, 1.54) is 6.20 Å². The molecule has 0 aromatic carbocycles. The van der Waals surface area contributed by atoms with E-state index in [1.54, 1.807) is 18.0 Å². The SMILES string of the molecule is CCC(C)(C)N(C)C(=O)c1cnc(Cl)c(Cl)c1. The summed E-state index contributed by atoms with van der Waals surface area (Å²) in [5.74, 6) is -0.108. The third-order valence-electron chi connectivity index (χ3n) is 3.12. The standard InChI is InChI=1S/C12H16Cl2N2O/c1-5-12(2,3)16(4)11(17)8-6-9(13)10(14)15-7-8/h6-7H,5H2,1-4H3. The molecule has 94 valence electrons. The number of carbonyl (C=O) groups excluding carboxylic acids is 1. The molecule has 0 bridgehead atoms. The molecule has 3 nitrogen and oxygen atoms in total. The fourth-order valence-corrected chi connectivity index (χ4v) is 1.51. The Bertz CT molecular complexity index is 433. The predicted octanol–water partition coefficient (Wildman–Crippen LogP) is 3.65. The Morgan fingerprint density at radius 1 is 1.47 bits per heavy atom. The van der Waals surface area contributed by atoms with Gasteiger partial charge in [-0.3, -0.25) is 4.79 Å². The lowest BCUT2D eigenvalue weighted by atomic mass is 9.99. The summed E-state index contributed by atoms with van der Waals surface area (Å²) in [6.07, 6.45) is 2.31. The monoisotopic (exact) mass is 274 g/mol. The molecule has 1 aromatic rings. The van der Waals surface area contributed by atoms with Crippen molar-refractivity contribution in [1.82, 2.24) is 9.88 Å². The van der Waals surface area contributed by atoms with Crippen molar-refractivity contribution in [2.24, 2.45) is 0 Å². The zero-order chi connectivity index (χ0) is 13.2. The van der Waals surface area contributed by atoms with Crippen molar-refractivity contribution < 1.29 is 4.79 Å². The molecule has 0 atom stereocenters. The number of halogens is 2. The van der Waals surface area contributed by atoms with Crippen molar-refractivity contribution in [2.45, 2.75) is 32.7 Å². The average molecular weight is 275 g/mol. The van der Waals surface area contributed by atoms with Crippen LogP contribution in [0.15, 0.2) is 12.3 Å². The minimum absolute atomic E-state index is 0.108. The number of carbonyl (C=O) groups is 1. The fourth-order valence-electron chi connectivity index (χ4n) is 1.24. The molecule has 0 saturated carbocycles. The Hall–Kier alpha value is -0.800. The van der Waals surface area contributed by atoms with Crippen molar-refractivity contribution in [1.29, 1.82) is 0 Å². The summed E-state index contributed by atoms with van der Waals surface area (Å²) in [6, 6.07) is 1.54. The molecule has 0 unspecified atom stereocenters. The lowest BCUT2D eigenvalue weighted by Gasteiger charge is -2.34. The number of amides is 1. The first-order valence-corrected chi connectivity index (χ1v) is 6.14. The van der Waals surface area contributed by atoms with Gasteiger partial charge in [-0.25, -0.2) is 4.98 Å². The Balaban J connectivity index is 3.01. The van der Waals surface area contributed by atoms with Crippen LogP contribution in [0.2, 0.25) is 10.2 Å². The molecule has 1 rings (SSSR count). The second kappa shape index (κ2) is 5.23. The highest BCUT2D eigenvalue weighted by atomic mass is 35.5. The topological polar surface area (TPSA) is 33.2 Å². The first kappa shape index (κ1) is 14.3. The predicted molar refractivity (Wildman–Crippen MR) is 70.7 cm³/mol. The quantitative estimate of drug-likeness (QED) is 0.789. The van der Waals surface area contributed by atoms with Crippen LogP contribution in [0.5, 0.6) is 0 Å². The molecule has 1 amide bonds. The van der Waals surface area contributed by atoms with Gasteiger partial charge in [-0.15, -0.1) is 0 Å². The number of pyridine rings is 1. The summed E-state index contributed by atoms with van der Waals surface area (Å²) in [5.41, 5.74) is 0.242. The molecule has 17 heavy (non-hydrogen) atoms. The van der Waals surface area contributed by atoms with E-state index in [-0.39, 0.29) is 16.6 Å². The van der Waals surface area contributed by atoms with Crippen LogP contribution in [0.1, 0.15) is 37.6 Å². The Labute approximate surface area is 112 Å². The van der Waals surface area contributed by atoms with Crippen molar-refractivity contribution in [3.05, 3.63) is 28.0 Å². The summed E-state index contributed by atoms with van der Waals surface area (Å²) in [7, 11) is 1.77. The number of rotatable bonds is 3. The van der Waals surface area contributed by atoms with E-state index in [0.717, 1.165) is 6.42 Å². The lowest BCUT2D eigenvalue weighted by molar-refractivity contribution is 0.0620. The maximum Gasteiger partial charge on any atom is 0.255 e. The van der Waals surface area contributed by atoms with Crippen molar-refractivity contribution >= 4 is 29.1 Å². The second-order valence-electron chi connectivity index (χ2n) is 4.53. The van der Waals surface area contributed by atoms with Gasteiger partial charge in [0, 0.05) is 18.8 Å². The van der Waals surface area contributed by atoms with Gasteiger partial charge in [0.05, 0.1) is 10.6 Å². The fraction of sp³-hybridized carbons (Fsp3) is 0.500. The highest BCUT2D eigenvalue weighted by Crippen LogP contribution is 2.23. The molecule has 0 saturated heterocycles. The third-order valence-corrected chi connectivity index (χ3v) is 3.81. The maximum absolute atomic E-state index is 12.2. The maximum atomic E-state index is 12.2. The van der Waals surface area contributed by atoms with Gasteiger partial charge in [0.2, 0.25) is 0 Å². The number of aromatic nitrogens is 1. The van der Waals surface area contributed by atoms with Gasteiger partial charge < -0.3 is 4.90 Å². The largest absolute Gasteiger partial charge is 0.337 e. The smallest absolute Gasteiger partial charge is 0.255 e. The summed E-state index contributed by atoms with van der Waals surface area (Å²) in [4.78, 5) is 17.8. The van der Waals surface area contributed by atoms with Gasteiger partial charge in [-0.1, -0.05) is 30.1 Å². The van der Waals surface area contributed by atoms with E-state index >= 15 is 0 Å². The second-order valence-corrected chi connectivity index (χ2v) is 5.29. The molecule has 0 aliphatic heterocycles. The molecule has 0 N–H and O–H groups in total. The van der Waals surface area contributed by atoms with E-state index in [4.69, 9.17) is 23.2 Å². The van der Waals surface area contributed by atoms with Crippen LogP contribution in [0.4, 0.5) is 0 Å². The lowest BCUT2D eigenvalue weighted by Crippen LogP contribution is -2.44. The average Bonchev–Trinajstić information content (AvgIpc) is 2.30. The molecule has 1 aromatic heterocycles. The van der Waals surface area contributed by atoms with Gasteiger partial charge in [0.25, 0.3) is 5.91 Å². The normalized spacial score (nSPS) is 11.4. The van der Waals surface area contributed by atoms with Crippen LogP contribution < -0.4 is 0 Å². The molecule has 5 heteroatoms. The Morgan fingerprint density at radius 2 is 2.06 bits per heavy atom. The summed E-state index contributed by atoms with van der Waals surface area (Å²) in [6.45, 7) is 6.06. The van der Waals surface area contributed by atoms with E-state index in [9.17, 15) is 4.79 Å². The number of hydrogen-bond acceptors (Lipinski definition) is 2. The van der Waals surface area contributed by atoms with Crippen LogP contribution in [-0.4, -0.2) is 28.4 Å². The molecular weight excluding hydrogens is 259 g/mol. The molecule has 0 aliphatic carbocycles. The van der Waals surface area contributed by atoms with E-state index < -0.39 is 0 Å². The van der Waals surface area contributed by atoms with Crippen LogP contribution >= 0.6 is 23.2 Å². The van der Waals surface area contributed by atoms with Crippen LogP contribution in [0, 0.1) is 0 Å². The zero-order valence-electron chi connectivity index (χ0n) is 10.4. The van der Waals surface area contributed by atoms with Crippen molar-refractivity contribution in [3.63, 3.8) is 0 Å². The Kier molecular flexibility index (Phi) is 4.39. The Morgan fingerprint density at radius 3 is 2.53 bits per heavy atom. The highest BCUT2D eigenvalue weighted by Gasteiger charge is 2.26. The summed E-state index contributed by atoms with van der Waals surface area (Å²) in [5, 5.41) is 0.501. The molecule has 0 aliphatic rings. The summed E-state index contributed by atoms with van der Waals surface area (Å²) >= 11 is 11.6. The van der Waals surface area contributed by atoms with Crippen LogP contribution in [0.25, 0.3) is 0 Å². The first-order valence-electron chi connectivity index (χ1n) is 5.39. The van der Waals surface area contributed by atoms with Crippen molar-refractivity contribution in [3.8, 4) is 0 Å². The van der Waals surface area contributed by atoms with Gasteiger partial charge >= 0.3 is 0 Å². The third kappa shape index (κ3) is 3.11. The molecule has 0 spiro atoms. The number of hydrogen-bond donors (Lipinski definition) is 0. The van der Waals surface area contributed by atoms with Gasteiger partial charge in [0.15, 0.2) is 0 Å². The molecule has 0 radical (unpaired) electrons. The number of nitrogens with zero attached hydrogens (tertiary/aromatic N) is 2. The van der Waals surface area contributed by atoms with E-state index in [0.29, 0.717) is 10.6 Å². The summed E-state index contributed by atoms with van der Waals surface area (Å²) < 4.78 is 0. The minimum atomic E-state index is -0.205. The zero-order valence-corrected chi connectivity index (χ0v) is 11.9. The molecule has 1 heterocycles. The van der Waals surface area contributed by atoms with E-state index in [1.807, 2.05) is 20.8 Å². The first-order chi connectivity index (χ1) is 7.79.